The number of carboxylic acid groups (broad SMARTS) is 1. The third-order valence-electron chi connectivity index (χ3n) is 3.56. The molecule has 5 nitrogen and oxygen atoms in total. The fourth-order valence-corrected chi connectivity index (χ4v) is 2.63. The molecule has 1 aromatic rings. The zero-order valence-corrected chi connectivity index (χ0v) is 12.3. The summed E-state index contributed by atoms with van der Waals surface area (Å²) >= 11 is 5.86. The van der Waals surface area contributed by atoms with Gasteiger partial charge in [0.2, 0.25) is 0 Å². The Morgan fingerprint density at radius 3 is 2.77 bits per heavy atom. The summed E-state index contributed by atoms with van der Waals surface area (Å²) < 4.78 is 25.5. The van der Waals surface area contributed by atoms with E-state index in [1.54, 1.807) is 0 Å². The largest absolute Gasteiger partial charge is 0.481 e. The van der Waals surface area contributed by atoms with Crippen LogP contribution < -0.4 is 5.32 Å². The third-order valence-corrected chi connectivity index (χ3v) is 3.98. The van der Waals surface area contributed by atoms with E-state index in [9.17, 15) is 18.4 Å². The zero-order valence-electron chi connectivity index (χ0n) is 11.6. The highest BCUT2D eigenvalue weighted by Crippen LogP contribution is 2.33. The standard InChI is InChI=1S/C14H15ClF2N2O3/c15-11-9(12(16)17)4-1-5-10(11)18-14(22)19-6-2-3-8(7-19)13(20)21/h1,4-5,8,12H,2-3,6-7H2,(H,18,22)(H,20,21). The molecular formula is C14H15ClF2N2O3. The second-order valence-corrected chi connectivity index (χ2v) is 5.44. The molecule has 2 rings (SSSR count). The van der Waals surface area contributed by atoms with Crippen LogP contribution in [0, 0.1) is 5.92 Å². The summed E-state index contributed by atoms with van der Waals surface area (Å²) in [5, 5.41) is 11.3. The number of aliphatic carboxylic acids is 1. The Labute approximate surface area is 130 Å². The Morgan fingerprint density at radius 2 is 2.14 bits per heavy atom. The summed E-state index contributed by atoms with van der Waals surface area (Å²) in [6, 6.07) is 3.44. The molecule has 0 spiro atoms. The normalized spacial score (nSPS) is 18.4. The number of urea groups is 1. The van der Waals surface area contributed by atoms with E-state index in [2.05, 4.69) is 5.32 Å². The average Bonchev–Trinajstić information content (AvgIpc) is 2.49. The minimum absolute atomic E-state index is 0.0851. The molecular weight excluding hydrogens is 318 g/mol. The number of halogens is 3. The Balaban J connectivity index is 2.09. The zero-order chi connectivity index (χ0) is 16.3. The van der Waals surface area contributed by atoms with E-state index in [1.165, 1.54) is 23.1 Å². The summed E-state index contributed by atoms with van der Waals surface area (Å²) in [5.74, 6) is -1.56. The van der Waals surface area contributed by atoms with Crippen LogP contribution in [0.2, 0.25) is 5.02 Å². The lowest BCUT2D eigenvalue weighted by atomic mass is 9.99. The van der Waals surface area contributed by atoms with Crippen LogP contribution in [0.5, 0.6) is 0 Å². The maximum absolute atomic E-state index is 12.8. The van der Waals surface area contributed by atoms with Crippen molar-refractivity contribution >= 4 is 29.3 Å². The maximum atomic E-state index is 12.8. The van der Waals surface area contributed by atoms with Crippen molar-refractivity contribution in [3.63, 3.8) is 0 Å². The molecule has 120 valence electrons. The van der Waals surface area contributed by atoms with Gasteiger partial charge >= 0.3 is 12.0 Å². The molecule has 1 atom stereocenters. The minimum Gasteiger partial charge on any atom is -0.481 e. The Kier molecular flexibility index (Phi) is 5.18. The Hall–Kier alpha value is -1.89. The fraction of sp³-hybridized carbons (Fsp3) is 0.429. The lowest BCUT2D eigenvalue weighted by Crippen LogP contribution is -2.44. The fourth-order valence-electron chi connectivity index (χ4n) is 2.37. The van der Waals surface area contributed by atoms with Crippen molar-refractivity contribution in [1.82, 2.24) is 4.90 Å². The molecule has 1 fully saturated rings. The SMILES string of the molecule is O=C(O)C1CCCN(C(=O)Nc2cccc(C(F)F)c2Cl)C1. The molecule has 2 N–H and O–H groups in total. The first-order valence-corrected chi connectivity index (χ1v) is 7.13. The number of anilines is 1. The van der Waals surface area contributed by atoms with Gasteiger partial charge in [0.25, 0.3) is 6.43 Å². The number of rotatable bonds is 3. The van der Waals surface area contributed by atoms with Crippen molar-refractivity contribution in [3.05, 3.63) is 28.8 Å². The minimum atomic E-state index is -2.74. The van der Waals surface area contributed by atoms with Crippen molar-refractivity contribution in [3.8, 4) is 0 Å². The van der Waals surface area contributed by atoms with E-state index in [0.717, 1.165) is 0 Å². The van der Waals surface area contributed by atoms with E-state index < -0.39 is 24.3 Å². The Bertz CT molecular complexity index is 583. The summed E-state index contributed by atoms with van der Waals surface area (Å²) in [7, 11) is 0. The number of benzene rings is 1. The molecule has 1 unspecified atom stereocenters. The number of carbonyl (C=O) groups is 2. The van der Waals surface area contributed by atoms with Gasteiger partial charge < -0.3 is 15.3 Å². The van der Waals surface area contributed by atoms with Crippen LogP contribution >= 0.6 is 11.6 Å². The molecule has 0 radical (unpaired) electrons. The van der Waals surface area contributed by atoms with E-state index in [4.69, 9.17) is 16.7 Å². The average molecular weight is 333 g/mol. The first kappa shape index (κ1) is 16.5. The number of nitrogens with one attached hydrogen (secondary N) is 1. The molecule has 0 bridgehead atoms. The number of amides is 2. The predicted octanol–water partition coefficient (Wildman–Crippen LogP) is 3.61. The number of piperidine rings is 1. The highest BCUT2D eigenvalue weighted by atomic mass is 35.5. The highest BCUT2D eigenvalue weighted by molar-refractivity contribution is 6.34. The van der Waals surface area contributed by atoms with Gasteiger partial charge in [0.05, 0.1) is 16.6 Å². The second kappa shape index (κ2) is 6.91. The predicted molar refractivity (Wildman–Crippen MR) is 77.4 cm³/mol. The topological polar surface area (TPSA) is 69.6 Å². The molecule has 0 aromatic heterocycles. The monoisotopic (exact) mass is 332 g/mol. The van der Waals surface area contributed by atoms with Crippen molar-refractivity contribution < 1.29 is 23.5 Å². The van der Waals surface area contributed by atoms with Crippen LogP contribution in [0.1, 0.15) is 24.8 Å². The van der Waals surface area contributed by atoms with Gasteiger partial charge in [0.1, 0.15) is 0 Å². The van der Waals surface area contributed by atoms with Gasteiger partial charge in [0, 0.05) is 18.7 Å². The third kappa shape index (κ3) is 3.65. The van der Waals surface area contributed by atoms with Gasteiger partial charge in [-0.2, -0.15) is 0 Å². The number of likely N-dealkylation sites (tertiary alicyclic amines) is 1. The van der Waals surface area contributed by atoms with Crippen LogP contribution in [0.4, 0.5) is 19.3 Å². The van der Waals surface area contributed by atoms with Crippen molar-refractivity contribution in [2.75, 3.05) is 18.4 Å². The molecule has 1 aliphatic rings. The van der Waals surface area contributed by atoms with E-state index in [0.29, 0.717) is 19.4 Å². The lowest BCUT2D eigenvalue weighted by Gasteiger charge is -2.30. The molecule has 1 heterocycles. The highest BCUT2D eigenvalue weighted by Gasteiger charge is 2.28. The van der Waals surface area contributed by atoms with Gasteiger partial charge in [-0.15, -0.1) is 0 Å². The summed E-state index contributed by atoms with van der Waals surface area (Å²) in [5.41, 5.74) is -0.275. The number of nitrogens with zero attached hydrogens (tertiary/aromatic N) is 1. The van der Waals surface area contributed by atoms with Gasteiger partial charge in [0.15, 0.2) is 0 Å². The van der Waals surface area contributed by atoms with Crippen molar-refractivity contribution in [2.24, 2.45) is 5.92 Å². The molecule has 1 saturated heterocycles. The van der Waals surface area contributed by atoms with Crippen molar-refractivity contribution in [2.45, 2.75) is 19.3 Å². The molecule has 0 aliphatic carbocycles. The number of hydrogen-bond acceptors (Lipinski definition) is 2. The molecule has 1 aromatic carbocycles. The molecule has 22 heavy (non-hydrogen) atoms. The van der Waals surface area contributed by atoms with E-state index in [1.807, 2.05) is 0 Å². The van der Waals surface area contributed by atoms with E-state index >= 15 is 0 Å². The molecule has 2 amide bonds. The second-order valence-electron chi connectivity index (χ2n) is 5.06. The number of carboxylic acids is 1. The number of hydrogen-bond donors (Lipinski definition) is 2. The van der Waals surface area contributed by atoms with Crippen LogP contribution in [-0.4, -0.2) is 35.1 Å². The molecule has 8 heteroatoms. The van der Waals surface area contributed by atoms with Crippen LogP contribution in [0.25, 0.3) is 0 Å². The first-order chi connectivity index (χ1) is 10.4. The maximum Gasteiger partial charge on any atom is 0.321 e. The summed E-state index contributed by atoms with van der Waals surface area (Å²) in [6.07, 6.45) is -1.65. The van der Waals surface area contributed by atoms with E-state index in [-0.39, 0.29) is 22.8 Å². The number of carbonyl (C=O) groups excluding carboxylic acids is 1. The van der Waals surface area contributed by atoms with Crippen molar-refractivity contribution in [1.29, 1.82) is 0 Å². The number of alkyl halides is 2. The lowest BCUT2D eigenvalue weighted by molar-refractivity contribution is -0.143. The Morgan fingerprint density at radius 1 is 1.41 bits per heavy atom. The van der Waals surface area contributed by atoms with Gasteiger partial charge in [-0.25, -0.2) is 13.6 Å². The molecule has 0 saturated carbocycles. The van der Waals surface area contributed by atoms with Gasteiger partial charge in [-0.05, 0) is 18.9 Å². The molecule has 1 aliphatic heterocycles. The van der Waals surface area contributed by atoms with Crippen LogP contribution in [0.3, 0.4) is 0 Å². The smallest absolute Gasteiger partial charge is 0.321 e. The summed E-state index contributed by atoms with van der Waals surface area (Å²) in [6.45, 7) is 0.509. The van der Waals surface area contributed by atoms with Crippen LogP contribution in [0.15, 0.2) is 18.2 Å². The summed E-state index contributed by atoms with van der Waals surface area (Å²) in [4.78, 5) is 24.5. The van der Waals surface area contributed by atoms with Gasteiger partial charge in [-0.1, -0.05) is 23.7 Å². The quantitative estimate of drug-likeness (QED) is 0.888. The first-order valence-electron chi connectivity index (χ1n) is 6.75. The van der Waals surface area contributed by atoms with Crippen LogP contribution in [-0.2, 0) is 4.79 Å². The van der Waals surface area contributed by atoms with Gasteiger partial charge in [-0.3, -0.25) is 4.79 Å².